The van der Waals surface area contributed by atoms with Gasteiger partial charge in [0.2, 0.25) is 0 Å². The van der Waals surface area contributed by atoms with Crippen molar-refractivity contribution >= 4 is 11.8 Å². The Morgan fingerprint density at radius 1 is 1.21 bits per heavy atom. The van der Waals surface area contributed by atoms with Gasteiger partial charge in [-0.25, -0.2) is 14.0 Å². The molecule has 0 saturated carbocycles. The Morgan fingerprint density at radius 2 is 1.92 bits per heavy atom. The van der Waals surface area contributed by atoms with Crippen LogP contribution in [0.25, 0.3) is 0 Å². The third-order valence-corrected chi connectivity index (χ3v) is 4.29. The topological polar surface area (TPSA) is 93.2 Å². The molecule has 0 amide bonds. The standard InChI is InChI=1S/C16H12FN3O4/c1-20-14(21)12-10(7-2-4-8(17)5-3-7)11-9(6-24-15(11)22)18-13(12)19-16(20)23/h2-5,10,18H,6H2,1H3,(H,19,23). The minimum absolute atomic E-state index is 0.0303. The van der Waals surface area contributed by atoms with Crippen LogP contribution in [0.2, 0.25) is 0 Å². The summed E-state index contributed by atoms with van der Waals surface area (Å²) in [7, 11) is 1.35. The second-order valence-corrected chi connectivity index (χ2v) is 5.66. The van der Waals surface area contributed by atoms with Gasteiger partial charge in [0.15, 0.2) is 0 Å². The predicted molar refractivity (Wildman–Crippen MR) is 82.2 cm³/mol. The molecule has 1 atom stereocenters. The Morgan fingerprint density at radius 3 is 2.62 bits per heavy atom. The fourth-order valence-corrected chi connectivity index (χ4v) is 3.10. The van der Waals surface area contributed by atoms with E-state index in [0.717, 1.165) is 4.57 Å². The van der Waals surface area contributed by atoms with E-state index in [9.17, 15) is 18.8 Å². The SMILES string of the molecule is Cn1c(=O)[nH]c2c(c1=O)C(c1ccc(F)cc1)C1=C(COC1=O)N2. The van der Waals surface area contributed by atoms with Crippen LogP contribution < -0.4 is 16.6 Å². The number of hydrogen-bond donors (Lipinski definition) is 2. The number of H-pyrrole nitrogens is 1. The molecular formula is C16H12FN3O4. The van der Waals surface area contributed by atoms with Crippen LogP contribution in [0.5, 0.6) is 0 Å². The molecule has 2 aromatic rings. The molecule has 1 unspecified atom stereocenters. The minimum Gasteiger partial charge on any atom is -0.456 e. The number of aromatic nitrogens is 2. The maximum atomic E-state index is 13.3. The number of hydrogen-bond acceptors (Lipinski definition) is 5. The largest absolute Gasteiger partial charge is 0.456 e. The van der Waals surface area contributed by atoms with E-state index in [2.05, 4.69) is 10.3 Å². The van der Waals surface area contributed by atoms with Crippen molar-refractivity contribution in [1.29, 1.82) is 0 Å². The highest BCUT2D eigenvalue weighted by molar-refractivity contribution is 5.96. The summed E-state index contributed by atoms with van der Waals surface area (Å²) in [6, 6.07) is 5.53. The molecule has 122 valence electrons. The number of carbonyl (C=O) groups excluding carboxylic acids is 1. The fraction of sp³-hybridized carbons (Fsp3) is 0.188. The molecular weight excluding hydrogens is 317 g/mol. The molecule has 2 N–H and O–H groups in total. The van der Waals surface area contributed by atoms with Crippen LogP contribution >= 0.6 is 0 Å². The van der Waals surface area contributed by atoms with Crippen LogP contribution in [0.4, 0.5) is 10.2 Å². The number of halogens is 1. The summed E-state index contributed by atoms with van der Waals surface area (Å²) in [4.78, 5) is 39.2. The lowest BCUT2D eigenvalue weighted by Crippen LogP contribution is -2.39. The number of nitrogens with zero attached hydrogens (tertiary/aromatic N) is 1. The van der Waals surface area contributed by atoms with Gasteiger partial charge in [0.05, 0.1) is 22.8 Å². The lowest BCUT2D eigenvalue weighted by atomic mass is 9.83. The van der Waals surface area contributed by atoms with E-state index in [0.29, 0.717) is 16.8 Å². The molecule has 0 spiro atoms. The van der Waals surface area contributed by atoms with Gasteiger partial charge in [-0.3, -0.25) is 14.3 Å². The van der Waals surface area contributed by atoms with Crippen LogP contribution in [0.3, 0.4) is 0 Å². The molecule has 8 heteroatoms. The number of esters is 1. The number of cyclic esters (lactones) is 1. The highest BCUT2D eigenvalue weighted by Crippen LogP contribution is 2.41. The quantitative estimate of drug-likeness (QED) is 0.747. The molecule has 0 bridgehead atoms. The maximum Gasteiger partial charge on any atom is 0.337 e. The first-order valence-electron chi connectivity index (χ1n) is 7.23. The van der Waals surface area contributed by atoms with Gasteiger partial charge >= 0.3 is 11.7 Å². The van der Waals surface area contributed by atoms with Gasteiger partial charge in [0.1, 0.15) is 18.2 Å². The van der Waals surface area contributed by atoms with Crippen LogP contribution in [0, 0.1) is 5.82 Å². The van der Waals surface area contributed by atoms with E-state index in [1.54, 1.807) is 0 Å². The summed E-state index contributed by atoms with van der Waals surface area (Å²) in [6.45, 7) is 0.0303. The number of rotatable bonds is 1. The number of fused-ring (bicyclic) bond motifs is 1. The first-order valence-corrected chi connectivity index (χ1v) is 7.23. The summed E-state index contributed by atoms with van der Waals surface area (Å²) in [5.41, 5.74) is 0.486. The maximum absolute atomic E-state index is 13.3. The molecule has 3 heterocycles. The number of carbonyl (C=O) groups is 1. The highest BCUT2D eigenvalue weighted by atomic mass is 19.1. The predicted octanol–water partition coefficient (Wildman–Crippen LogP) is 0.581. The third kappa shape index (κ3) is 1.92. The van der Waals surface area contributed by atoms with Crippen LogP contribution in [0.15, 0.2) is 45.1 Å². The number of aromatic amines is 1. The van der Waals surface area contributed by atoms with Crippen molar-refractivity contribution in [3.8, 4) is 0 Å². The van der Waals surface area contributed by atoms with E-state index in [4.69, 9.17) is 4.74 Å². The van der Waals surface area contributed by atoms with Crippen LogP contribution in [-0.4, -0.2) is 22.1 Å². The summed E-state index contributed by atoms with van der Waals surface area (Å²) in [5.74, 6) is -1.46. The van der Waals surface area contributed by atoms with Gasteiger partial charge in [0.25, 0.3) is 5.56 Å². The first kappa shape index (κ1) is 14.4. The van der Waals surface area contributed by atoms with Gasteiger partial charge < -0.3 is 10.1 Å². The molecule has 24 heavy (non-hydrogen) atoms. The first-order chi connectivity index (χ1) is 11.5. The second-order valence-electron chi connectivity index (χ2n) is 5.66. The van der Waals surface area contributed by atoms with E-state index < -0.39 is 29.0 Å². The second kappa shape index (κ2) is 4.92. The monoisotopic (exact) mass is 329 g/mol. The molecule has 2 aliphatic heterocycles. The Labute approximate surface area is 134 Å². The molecule has 1 aromatic carbocycles. The summed E-state index contributed by atoms with van der Waals surface area (Å²) in [5, 5.41) is 2.90. The molecule has 7 nitrogen and oxygen atoms in total. The van der Waals surface area contributed by atoms with E-state index in [1.807, 2.05) is 0 Å². The fourth-order valence-electron chi connectivity index (χ4n) is 3.10. The zero-order valence-electron chi connectivity index (χ0n) is 12.6. The zero-order valence-corrected chi connectivity index (χ0v) is 12.6. The highest BCUT2D eigenvalue weighted by Gasteiger charge is 2.40. The zero-order chi connectivity index (χ0) is 17.0. The van der Waals surface area contributed by atoms with E-state index in [-0.39, 0.29) is 18.0 Å². The van der Waals surface area contributed by atoms with Gasteiger partial charge in [-0.15, -0.1) is 0 Å². The molecule has 0 radical (unpaired) electrons. The van der Waals surface area contributed by atoms with Crippen LogP contribution in [0.1, 0.15) is 17.0 Å². The van der Waals surface area contributed by atoms with Crippen molar-refractivity contribution in [1.82, 2.24) is 9.55 Å². The Hall–Kier alpha value is -3.16. The van der Waals surface area contributed by atoms with Crippen molar-refractivity contribution in [2.75, 3.05) is 11.9 Å². The average Bonchev–Trinajstić information content (AvgIpc) is 2.93. The van der Waals surface area contributed by atoms with Crippen molar-refractivity contribution in [3.05, 3.63) is 73.3 Å². The van der Waals surface area contributed by atoms with Gasteiger partial charge in [-0.05, 0) is 17.7 Å². The van der Waals surface area contributed by atoms with Gasteiger partial charge in [0, 0.05) is 7.05 Å². The smallest absolute Gasteiger partial charge is 0.337 e. The van der Waals surface area contributed by atoms with Crippen molar-refractivity contribution in [2.24, 2.45) is 7.05 Å². The number of benzene rings is 1. The number of nitrogens with one attached hydrogen (secondary N) is 2. The van der Waals surface area contributed by atoms with Crippen molar-refractivity contribution in [3.63, 3.8) is 0 Å². The minimum atomic E-state index is -0.734. The number of anilines is 1. The molecule has 0 aliphatic carbocycles. The molecule has 2 aliphatic rings. The summed E-state index contributed by atoms with van der Waals surface area (Å²) < 4.78 is 19.3. The summed E-state index contributed by atoms with van der Waals surface area (Å²) in [6.07, 6.45) is 0. The lowest BCUT2D eigenvalue weighted by molar-refractivity contribution is -0.136. The van der Waals surface area contributed by atoms with E-state index in [1.165, 1.54) is 31.3 Å². The Kier molecular flexibility index (Phi) is 2.96. The van der Waals surface area contributed by atoms with Crippen molar-refractivity contribution < 1.29 is 13.9 Å². The average molecular weight is 329 g/mol. The van der Waals surface area contributed by atoms with Gasteiger partial charge in [-0.2, -0.15) is 0 Å². The molecule has 1 aromatic heterocycles. The molecule has 4 rings (SSSR count). The number of ether oxygens (including phenoxy) is 1. The molecule has 0 saturated heterocycles. The molecule has 0 fully saturated rings. The van der Waals surface area contributed by atoms with E-state index >= 15 is 0 Å². The Balaban J connectivity index is 2.04. The third-order valence-electron chi connectivity index (χ3n) is 4.29. The lowest BCUT2D eigenvalue weighted by Gasteiger charge is -2.26. The van der Waals surface area contributed by atoms with Crippen molar-refractivity contribution in [2.45, 2.75) is 5.92 Å². The normalized spacial score (nSPS) is 18.8. The van der Waals surface area contributed by atoms with Crippen LogP contribution in [-0.2, 0) is 16.6 Å². The van der Waals surface area contributed by atoms with Gasteiger partial charge in [-0.1, -0.05) is 12.1 Å². The summed E-state index contributed by atoms with van der Waals surface area (Å²) >= 11 is 0. The Bertz CT molecular complexity index is 1020.